The monoisotopic (exact) mass is 265 g/mol. The molecule has 0 atom stereocenters. The number of nitrogens with zero attached hydrogens (tertiary/aromatic N) is 1. The molecular weight excluding hydrogens is 246 g/mol. The molecule has 0 saturated heterocycles. The summed E-state index contributed by atoms with van der Waals surface area (Å²) in [4.78, 5) is 23.4. The molecule has 0 radical (unpaired) electrons. The van der Waals surface area contributed by atoms with E-state index in [9.17, 15) is 18.0 Å². The normalized spacial score (nSPS) is 11.5. The number of amides is 1. The third kappa shape index (κ3) is 7.73. The van der Waals surface area contributed by atoms with Gasteiger partial charge in [-0.15, -0.1) is 0 Å². The van der Waals surface area contributed by atoms with Crippen molar-refractivity contribution in [3.63, 3.8) is 0 Å². The Labute approximate surface area is 102 Å². The van der Waals surface area contributed by atoms with Crippen molar-refractivity contribution < 1.29 is 23.1 Å². The zero-order valence-electron chi connectivity index (χ0n) is 10.3. The lowest BCUT2D eigenvalue weighted by molar-refractivity contribution is -0.138. The van der Waals surface area contributed by atoms with Crippen LogP contribution in [0.2, 0.25) is 0 Å². The van der Waals surface area contributed by atoms with Gasteiger partial charge in [-0.05, 0) is 20.3 Å². The van der Waals surface area contributed by atoms with Gasteiger partial charge in [-0.25, -0.2) is 8.42 Å². The molecule has 0 aromatic rings. The Morgan fingerprint density at radius 1 is 1.29 bits per heavy atom. The molecule has 0 heterocycles. The Hall–Kier alpha value is -1.11. The molecule has 100 valence electrons. The van der Waals surface area contributed by atoms with Crippen molar-refractivity contribution in [1.82, 2.24) is 4.90 Å². The average molecular weight is 265 g/mol. The van der Waals surface area contributed by atoms with E-state index < -0.39 is 27.5 Å². The van der Waals surface area contributed by atoms with Crippen LogP contribution in [0, 0.1) is 0 Å². The van der Waals surface area contributed by atoms with Crippen LogP contribution in [0.25, 0.3) is 0 Å². The fourth-order valence-electron chi connectivity index (χ4n) is 1.38. The van der Waals surface area contributed by atoms with Crippen molar-refractivity contribution in [2.45, 2.75) is 32.7 Å². The third-order valence-electron chi connectivity index (χ3n) is 2.12. The summed E-state index contributed by atoms with van der Waals surface area (Å²) in [6.07, 6.45) is 1.29. The summed E-state index contributed by atoms with van der Waals surface area (Å²) in [6, 6.07) is -0.141. The highest BCUT2D eigenvalue weighted by atomic mass is 32.2. The predicted octanol–water partition coefficient (Wildman–Crippen LogP) is 0.133. The Kier molecular flexibility index (Phi) is 6.15. The van der Waals surface area contributed by atoms with Gasteiger partial charge in [0, 0.05) is 25.3 Å². The summed E-state index contributed by atoms with van der Waals surface area (Å²) >= 11 is 0. The van der Waals surface area contributed by atoms with Crippen LogP contribution in [0.15, 0.2) is 0 Å². The fraction of sp³-hybridized carbons (Fsp3) is 0.800. The number of sulfone groups is 1. The number of carbonyl (C=O) groups excluding carboxylic acids is 1. The van der Waals surface area contributed by atoms with Crippen LogP contribution in [-0.4, -0.2) is 54.9 Å². The SMILES string of the molecule is CC(C)N(CCCC(=O)O)C(=O)CS(C)(=O)=O. The number of hydrogen-bond donors (Lipinski definition) is 1. The molecule has 0 spiro atoms. The number of carboxylic acids is 1. The standard InChI is InChI=1S/C10H19NO5S/c1-8(2)11(6-4-5-10(13)14)9(12)7-17(3,15)16/h8H,4-7H2,1-3H3,(H,13,14). The summed E-state index contributed by atoms with van der Waals surface area (Å²) in [5.74, 6) is -1.93. The molecule has 6 nitrogen and oxygen atoms in total. The van der Waals surface area contributed by atoms with E-state index in [1.54, 1.807) is 13.8 Å². The van der Waals surface area contributed by atoms with E-state index >= 15 is 0 Å². The Morgan fingerprint density at radius 3 is 2.18 bits per heavy atom. The van der Waals surface area contributed by atoms with Crippen molar-refractivity contribution in [2.24, 2.45) is 0 Å². The largest absolute Gasteiger partial charge is 0.481 e. The number of hydrogen-bond acceptors (Lipinski definition) is 4. The summed E-state index contributed by atoms with van der Waals surface area (Å²) < 4.78 is 22.0. The minimum absolute atomic E-state index is 0.0324. The molecule has 0 bridgehead atoms. The first-order chi connectivity index (χ1) is 7.63. The van der Waals surface area contributed by atoms with Crippen LogP contribution in [0.5, 0.6) is 0 Å². The van der Waals surface area contributed by atoms with E-state index in [4.69, 9.17) is 5.11 Å². The molecular formula is C10H19NO5S. The molecule has 1 N–H and O–H groups in total. The maximum absolute atomic E-state index is 11.7. The molecule has 0 aromatic heterocycles. The highest BCUT2D eigenvalue weighted by Gasteiger charge is 2.20. The van der Waals surface area contributed by atoms with E-state index in [0.29, 0.717) is 6.42 Å². The molecule has 0 rings (SSSR count). The van der Waals surface area contributed by atoms with E-state index in [-0.39, 0.29) is 19.0 Å². The van der Waals surface area contributed by atoms with Crippen LogP contribution in [-0.2, 0) is 19.4 Å². The third-order valence-corrected chi connectivity index (χ3v) is 2.89. The van der Waals surface area contributed by atoms with Gasteiger partial charge >= 0.3 is 5.97 Å². The van der Waals surface area contributed by atoms with Gasteiger partial charge in [-0.3, -0.25) is 9.59 Å². The van der Waals surface area contributed by atoms with Gasteiger partial charge in [0.1, 0.15) is 5.75 Å². The van der Waals surface area contributed by atoms with Crippen LogP contribution >= 0.6 is 0 Å². The van der Waals surface area contributed by atoms with Gasteiger partial charge in [0.15, 0.2) is 9.84 Å². The maximum Gasteiger partial charge on any atom is 0.303 e. The topological polar surface area (TPSA) is 91.8 Å². The number of rotatable bonds is 7. The molecule has 0 aliphatic heterocycles. The molecule has 0 aliphatic carbocycles. The molecule has 1 amide bonds. The minimum Gasteiger partial charge on any atom is -0.481 e. The second-order valence-corrected chi connectivity index (χ2v) is 6.39. The number of carboxylic acid groups (broad SMARTS) is 1. The quantitative estimate of drug-likeness (QED) is 0.706. The molecule has 0 aliphatic rings. The van der Waals surface area contributed by atoms with Crippen molar-refractivity contribution >= 4 is 21.7 Å². The average Bonchev–Trinajstić information content (AvgIpc) is 2.07. The Bertz CT molecular complexity index is 374. The molecule has 0 fully saturated rings. The first-order valence-electron chi connectivity index (χ1n) is 5.32. The summed E-state index contributed by atoms with van der Waals surface area (Å²) in [5, 5.41) is 8.49. The number of aliphatic carboxylic acids is 1. The van der Waals surface area contributed by atoms with E-state index in [0.717, 1.165) is 6.26 Å². The Balaban J connectivity index is 4.42. The van der Waals surface area contributed by atoms with Gasteiger partial charge in [0.05, 0.1) is 0 Å². The molecule has 0 unspecified atom stereocenters. The van der Waals surface area contributed by atoms with Gasteiger partial charge in [0.25, 0.3) is 0 Å². The lowest BCUT2D eigenvalue weighted by Crippen LogP contribution is -2.41. The smallest absolute Gasteiger partial charge is 0.303 e. The van der Waals surface area contributed by atoms with Gasteiger partial charge in [-0.2, -0.15) is 0 Å². The number of carbonyl (C=O) groups is 2. The minimum atomic E-state index is -3.35. The fourth-order valence-corrected chi connectivity index (χ4v) is 1.99. The molecule has 17 heavy (non-hydrogen) atoms. The van der Waals surface area contributed by atoms with E-state index in [1.165, 1.54) is 4.90 Å². The van der Waals surface area contributed by atoms with Gasteiger partial charge < -0.3 is 10.0 Å². The van der Waals surface area contributed by atoms with Crippen molar-refractivity contribution in [3.05, 3.63) is 0 Å². The van der Waals surface area contributed by atoms with Crippen LogP contribution in [0.3, 0.4) is 0 Å². The first-order valence-corrected chi connectivity index (χ1v) is 7.38. The first kappa shape index (κ1) is 15.9. The second-order valence-electron chi connectivity index (χ2n) is 4.25. The second kappa shape index (κ2) is 6.58. The van der Waals surface area contributed by atoms with E-state index in [1.807, 2.05) is 0 Å². The van der Waals surface area contributed by atoms with E-state index in [2.05, 4.69) is 0 Å². The van der Waals surface area contributed by atoms with Crippen molar-refractivity contribution in [2.75, 3.05) is 18.6 Å². The van der Waals surface area contributed by atoms with Gasteiger partial charge in [-0.1, -0.05) is 0 Å². The lowest BCUT2D eigenvalue weighted by Gasteiger charge is -2.26. The van der Waals surface area contributed by atoms with Crippen LogP contribution < -0.4 is 0 Å². The Morgan fingerprint density at radius 2 is 1.82 bits per heavy atom. The highest BCUT2D eigenvalue weighted by Crippen LogP contribution is 2.04. The van der Waals surface area contributed by atoms with Crippen LogP contribution in [0.1, 0.15) is 26.7 Å². The summed E-state index contributed by atoms with van der Waals surface area (Å²) in [6.45, 7) is 3.79. The zero-order valence-corrected chi connectivity index (χ0v) is 11.2. The van der Waals surface area contributed by atoms with Crippen molar-refractivity contribution in [1.29, 1.82) is 0 Å². The summed E-state index contributed by atoms with van der Waals surface area (Å²) in [7, 11) is -3.35. The summed E-state index contributed by atoms with van der Waals surface area (Å²) in [5.41, 5.74) is 0. The molecule has 0 saturated carbocycles. The molecule has 7 heteroatoms. The zero-order chi connectivity index (χ0) is 13.6. The molecule has 0 aromatic carbocycles. The maximum atomic E-state index is 11.7. The highest BCUT2D eigenvalue weighted by molar-refractivity contribution is 7.91. The van der Waals surface area contributed by atoms with Crippen molar-refractivity contribution in [3.8, 4) is 0 Å². The van der Waals surface area contributed by atoms with Gasteiger partial charge in [0.2, 0.25) is 5.91 Å². The van der Waals surface area contributed by atoms with Crippen LogP contribution in [0.4, 0.5) is 0 Å². The lowest BCUT2D eigenvalue weighted by atomic mass is 10.2. The predicted molar refractivity (Wildman–Crippen MR) is 63.4 cm³/mol.